The molecule has 0 saturated carbocycles. The molecule has 3 aromatic rings. The summed E-state index contributed by atoms with van der Waals surface area (Å²) in [5, 5.41) is 20.2. The minimum atomic E-state index is -1.03. The molecule has 0 aliphatic carbocycles. The van der Waals surface area contributed by atoms with Crippen LogP contribution in [0.4, 0.5) is 4.79 Å². The van der Waals surface area contributed by atoms with Crippen molar-refractivity contribution in [1.82, 2.24) is 20.9 Å². The van der Waals surface area contributed by atoms with Crippen molar-refractivity contribution in [2.75, 3.05) is 26.7 Å². The normalized spacial score (nSPS) is 14.9. The molecule has 1 fully saturated rings. The molecular weight excluding hydrogens is 584 g/mol. The van der Waals surface area contributed by atoms with E-state index in [0.29, 0.717) is 26.1 Å². The van der Waals surface area contributed by atoms with Gasteiger partial charge in [0.15, 0.2) is 0 Å². The standard InChI is InChI=1S/C36H46N4O6/c1-45-30-17-11-16-29(22-30)24-37-25-33(41)32(23-27-12-5-2-6-13-27)38-35(43)31(18-19-34(42)40-20-9-4-10-21-40)39-36(44)46-26-28-14-7-3-8-15-28/h2-3,5-8,11-17,22,31-33,37,41H,4,9-10,18-21,23-26H2,1H3,(H,38,43)(H,39,44)/t31-,32+,33+/m1/s1. The topological polar surface area (TPSA) is 129 Å². The molecule has 46 heavy (non-hydrogen) atoms. The number of nitrogens with one attached hydrogen (secondary N) is 3. The van der Waals surface area contributed by atoms with E-state index in [1.807, 2.05) is 89.8 Å². The molecule has 4 rings (SSSR count). The predicted octanol–water partition coefficient (Wildman–Crippen LogP) is 3.96. The van der Waals surface area contributed by atoms with Crippen LogP contribution in [-0.4, -0.2) is 72.8 Å². The van der Waals surface area contributed by atoms with Crippen LogP contribution in [0.25, 0.3) is 0 Å². The predicted molar refractivity (Wildman–Crippen MR) is 176 cm³/mol. The number of hydrogen-bond acceptors (Lipinski definition) is 7. The SMILES string of the molecule is COc1cccc(CNC[C@H](O)[C@H](Cc2ccccc2)NC(=O)[C@@H](CCC(=O)N2CCCCC2)NC(=O)OCc2ccccc2)c1. The second-order valence-electron chi connectivity index (χ2n) is 11.6. The monoisotopic (exact) mass is 630 g/mol. The highest BCUT2D eigenvalue weighted by Gasteiger charge is 2.29. The van der Waals surface area contributed by atoms with Crippen molar-refractivity contribution in [2.24, 2.45) is 0 Å². The third-order valence-electron chi connectivity index (χ3n) is 8.08. The van der Waals surface area contributed by atoms with Gasteiger partial charge in [0.25, 0.3) is 0 Å². The van der Waals surface area contributed by atoms with E-state index in [0.717, 1.165) is 41.7 Å². The van der Waals surface area contributed by atoms with Gasteiger partial charge in [-0.25, -0.2) is 4.79 Å². The number of benzene rings is 3. The molecule has 0 bridgehead atoms. The Balaban J connectivity index is 1.42. The molecule has 1 aliphatic rings. The van der Waals surface area contributed by atoms with Crippen molar-refractivity contribution >= 4 is 17.9 Å². The van der Waals surface area contributed by atoms with Gasteiger partial charge in [-0.2, -0.15) is 0 Å². The van der Waals surface area contributed by atoms with E-state index in [1.165, 1.54) is 0 Å². The molecule has 0 radical (unpaired) electrons. The number of carbonyl (C=O) groups is 3. The second-order valence-corrected chi connectivity index (χ2v) is 11.6. The summed E-state index contributed by atoms with van der Waals surface area (Å²) in [6.45, 7) is 2.16. The maximum Gasteiger partial charge on any atom is 0.408 e. The summed E-state index contributed by atoms with van der Waals surface area (Å²) in [7, 11) is 1.61. The first kappa shape index (κ1) is 34.5. The number of carbonyl (C=O) groups excluding carboxylic acids is 3. The number of likely N-dealkylation sites (tertiary alicyclic amines) is 1. The van der Waals surface area contributed by atoms with Crippen LogP contribution in [-0.2, 0) is 33.9 Å². The summed E-state index contributed by atoms with van der Waals surface area (Å²) < 4.78 is 10.7. The average molecular weight is 631 g/mol. The van der Waals surface area contributed by atoms with Gasteiger partial charge < -0.3 is 35.4 Å². The Hall–Kier alpha value is -4.41. The Morgan fingerprint density at radius 3 is 2.22 bits per heavy atom. The molecule has 1 saturated heterocycles. The van der Waals surface area contributed by atoms with Crippen molar-refractivity contribution in [1.29, 1.82) is 0 Å². The molecule has 10 nitrogen and oxygen atoms in total. The first-order valence-corrected chi connectivity index (χ1v) is 16.0. The summed E-state index contributed by atoms with van der Waals surface area (Å²) in [4.78, 5) is 41.4. The summed E-state index contributed by atoms with van der Waals surface area (Å²) >= 11 is 0. The van der Waals surface area contributed by atoms with Crippen LogP contribution in [0.15, 0.2) is 84.9 Å². The van der Waals surface area contributed by atoms with Crippen molar-refractivity contribution in [3.63, 3.8) is 0 Å². The lowest BCUT2D eigenvalue weighted by Crippen LogP contribution is -2.55. The van der Waals surface area contributed by atoms with E-state index in [-0.39, 0.29) is 31.9 Å². The van der Waals surface area contributed by atoms with Crippen molar-refractivity contribution in [2.45, 2.75) is 69.9 Å². The fourth-order valence-electron chi connectivity index (χ4n) is 5.47. The highest BCUT2D eigenvalue weighted by atomic mass is 16.5. The summed E-state index contributed by atoms with van der Waals surface area (Å²) in [5.74, 6) is 0.212. The van der Waals surface area contributed by atoms with E-state index in [1.54, 1.807) is 7.11 Å². The Morgan fingerprint density at radius 1 is 0.848 bits per heavy atom. The van der Waals surface area contributed by atoms with E-state index in [2.05, 4.69) is 16.0 Å². The number of ether oxygens (including phenoxy) is 2. The van der Waals surface area contributed by atoms with Crippen LogP contribution in [0.2, 0.25) is 0 Å². The zero-order valence-corrected chi connectivity index (χ0v) is 26.5. The summed E-state index contributed by atoms with van der Waals surface area (Å²) in [5.41, 5.74) is 2.74. The first-order valence-electron chi connectivity index (χ1n) is 16.0. The van der Waals surface area contributed by atoms with Gasteiger partial charge in [0.05, 0.1) is 19.3 Å². The Kier molecular flexibility index (Phi) is 13.9. The third kappa shape index (κ3) is 11.5. The number of alkyl carbamates (subject to hydrolysis) is 1. The Labute approximate surface area is 271 Å². The van der Waals surface area contributed by atoms with Gasteiger partial charge in [0, 0.05) is 32.6 Å². The number of aliphatic hydroxyl groups is 1. The molecular formula is C36H46N4O6. The highest BCUT2D eigenvalue weighted by molar-refractivity contribution is 5.87. The maximum atomic E-state index is 13.8. The van der Waals surface area contributed by atoms with Crippen LogP contribution >= 0.6 is 0 Å². The van der Waals surface area contributed by atoms with Crippen molar-refractivity contribution in [3.05, 3.63) is 102 Å². The van der Waals surface area contributed by atoms with Gasteiger partial charge in [-0.15, -0.1) is 0 Å². The van der Waals surface area contributed by atoms with Crippen LogP contribution in [0.3, 0.4) is 0 Å². The van der Waals surface area contributed by atoms with Crippen LogP contribution in [0.1, 0.15) is 48.8 Å². The van der Waals surface area contributed by atoms with E-state index < -0.39 is 30.2 Å². The molecule has 0 aromatic heterocycles. The van der Waals surface area contributed by atoms with Gasteiger partial charge >= 0.3 is 6.09 Å². The highest BCUT2D eigenvalue weighted by Crippen LogP contribution is 2.14. The lowest BCUT2D eigenvalue weighted by molar-refractivity contribution is -0.132. The Bertz CT molecular complexity index is 1370. The van der Waals surface area contributed by atoms with Crippen LogP contribution in [0.5, 0.6) is 5.75 Å². The zero-order valence-electron chi connectivity index (χ0n) is 26.5. The lowest BCUT2D eigenvalue weighted by Gasteiger charge is -2.29. The fourth-order valence-corrected chi connectivity index (χ4v) is 5.47. The Morgan fingerprint density at radius 2 is 1.52 bits per heavy atom. The number of amides is 3. The number of rotatable bonds is 16. The maximum absolute atomic E-state index is 13.8. The number of piperidine rings is 1. The molecule has 3 aromatic carbocycles. The fraction of sp³-hybridized carbons (Fsp3) is 0.417. The molecule has 4 N–H and O–H groups in total. The van der Waals surface area contributed by atoms with Gasteiger partial charge in [-0.3, -0.25) is 9.59 Å². The minimum absolute atomic E-state index is 0.0421. The quantitative estimate of drug-likeness (QED) is 0.189. The van der Waals surface area contributed by atoms with Crippen LogP contribution < -0.4 is 20.7 Å². The van der Waals surface area contributed by atoms with E-state index in [9.17, 15) is 19.5 Å². The molecule has 1 aliphatic heterocycles. The molecule has 3 atom stereocenters. The van der Waals surface area contributed by atoms with Gasteiger partial charge in [0.2, 0.25) is 11.8 Å². The molecule has 246 valence electrons. The molecule has 0 unspecified atom stereocenters. The second kappa shape index (κ2) is 18.5. The van der Waals surface area contributed by atoms with E-state index in [4.69, 9.17) is 9.47 Å². The summed E-state index contributed by atoms with van der Waals surface area (Å²) in [6, 6.07) is 24.8. The van der Waals surface area contributed by atoms with Crippen molar-refractivity contribution < 1.29 is 29.0 Å². The summed E-state index contributed by atoms with van der Waals surface area (Å²) in [6.07, 6.45) is 1.89. The van der Waals surface area contributed by atoms with Gasteiger partial charge in [-0.05, 0) is 60.9 Å². The third-order valence-corrected chi connectivity index (χ3v) is 8.08. The van der Waals surface area contributed by atoms with Crippen molar-refractivity contribution in [3.8, 4) is 5.75 Å². The molecule has 1 heterocycles. The average Bonchev–Trinajstić information content (AvgIpc) is 3.10. The number of nitrogens with zero attached hydrogens (tertiary/aromatic N) is 1. The molecule has 3 amide bonds. The smallest absolute Gasteiger partial charge is 0.408 e. The minimum Gasteiger partial charge on any atom is -0.497 e. The zero-order chi connectivity index (χ0) is 32.6. The largest absolute Gasteiger partial charge is 0.497 e. The van der Waals surface area contributed by atoms with Crippen LogP contribution in [0, 0.1) is 0 Å². The van der Waals surface area contributed by atoms with E-state index >= 15 is 0 Å². The first-order chi connectivity index (χ1) is 22.4. The number of methoxy groups -OCH3 is 1. The number of aliphatic hydroxyl groups excluding tert-OH is 1. The van der Waals surface area contributed by atoms with Gasteiger partial charge in [0.1, 0.15) is 18.4 Å². The number of hydrogen-bond donors (Lipinski definition) is 4. The lowest BCUT2D eigenvalue weighted by atomic mass is 9.99. The molecule has 10 heteroatoms. The molecule has 0 spiro atoms. The van der Waals surface area contributed by atoms with Gasteiger partial charge in [-0.1, -0.05) is 72.8 Å².